The third-order valence-corrected chi connectivity index (χ3v) is 4.45. The summed E-state index contributed by atoms with van der Waals surface area (Å²) in [7, 11) is 0. The molecular formula is C11H13FN2S2. The Morgan fingerprint density at radius 2 is 2.00 bits per heavy atom. The largest absolute Gasteiger partial charge is 0.250 e. The first-order chi connectivity index (χ1) is 7.63. The highest BCUT2D eigenvalue weighted by Crippen LogP contribution is 2.34. The van der Waals surface area contributed by atoms with Gasteiger partial charge in [-0.25, -0.2) is 9.97 Å². The minimum Gasteiger partial charge on any atom is -0.250 e. The quantitative estimate of drug-likeness (QED) is 0.619. The maximum atomic E-state index is 12.2. The molecule has 0 aromatic carbocycles. The van der Waals surface area contributed by atoms with E-state index < -0.39 is 0 Å². The van der Waals surface area contributed by atoms with Gasteiger partial charge in [-0.15, -0.1) is 23.1 Å². The van der Waals surface area contributed by atoms with Crippen LogP contribution >= 0.6 is 23.1 Å². The van der Waals surface area contributed by atoms with Gasteiger partial charge in [-0.3, -0.25) is 4.39 Å². The van der Waals surface area contributed by atoms with Crippen LogP contribution in [0.3, 0.4) is 0 Å². The van der Waals surface area contributed by atoms with Crippen molar-refractivity contribution in [2.24, 2.45) is 0 Å². The zero-order valence-corrected chi connectivity index (χ0v) is 11.1. The Balaban J connectivity index is 2.60. The van der Waals surface area contributed by atoms with Crippen LogP contribution in [-0.2, 0) is 0 Å². The molecule has 0 bridgehead atoms. The third-order valence-electron chi connectivity index (χ3n) is 2.42. The van der Waals surface area contributed by atoms with Gasteiger partial charge in [0.15, 0.2) is 0 Å². The van der Waals surface area contributed by atoms with Crippen LogP contribution in [0.25, 0.3) is 10.2 Å². The minimum atomic E-state index is -0.322. The van der Waals surface area contributed by atoms with Gasteiger partial charge >= 0.3 is 0 Å². The molecule has 2 aromatic heterocycles. The average molecular weight is 256 g/mol. The van der Waals surface area contributed by atoms with Crippen LogP contribution in [0.2, 0.25) is 0 Å². The lowest BCUT2D eigenvalue weighted by molar-refractivity contribution is 0.532. The van der Waals surface area contributed by atoms with Crippen molar-refractivity contribution in [2.75, 3.05) is 12.4 Å². The smallest absolute Gasteiger partial charge is 0.128 e. The Morgan fingerprint density at radius 1 is 1.25 bits per heavy atom. The second kappa shape index (κ2) is 4.67. The number of halogens is 1. The van der Waals surface area contributed by atoms with E-state index in [0.29, 0.717) is 5.75 Å². The zero-order chi connectivity index (χ0) is 11.7. The average Bonchev–Trinajstić information content (AvgIpc) is 2.51. The van der Waals surface area contributed by atoms with Crippen LogP contribution in [0.15, 0.2) is 5.03 Å². The standard InChI is InChI=1S/C11H13FN2S2/c1-6-7(2)16-11-9(6)10(15-5-4-12)13-8(3)14-11/h4-5H2,1-3H3. The minimum absolute atomic E-state index is 0.322. The normalized spacial score (nSPS) is 11.2. The van der Waals surface area contributed by atoms with Gasteiger partial charge in [-0.05, 0) is 26.3 Å². The summed E-state index contributed by atoms with van der Waals surface area (Å²) in [5, 5.41) is 2.02. The fraction of sp³-hybridized carbons (Fsp3) is 0.455. The molecule has 5 heteroatoms. The van der Waals surface area contributed by atoms with E-state index in [1.54, 1.807) is 11.3 Å². The van der Waals surface area contributed by atoms with Crippen molar-refractivity contribution in [1.29, 1.82) is 0 Å². The topological polar surface area (TPSA) is 25.8 Å². The Labute approximate surface area is 102 Å². The number of fused-ring (bicyclic) bond motifs is 1. The molecule has 0 spiro atoms. The second-order valence-electron chi connectivity index (χ2n) is 3.58. The van der Waals surface area contributed by atoms with Crippen LogP contribution < -0.4 is 0 Å². The number of hydrogen-bond acceptors (Lipinski definition) is 4. The number of thiophene rings is 1. The molecule has 2 heterocycles. The highest BCUT2D eigenvalue weighted by molar-refractivity contribution is 7.99. The van der Waals surface area contributed by atoms with Gasteiger partial charge in [0.25, 0.3) is 0 Å². The summed E-state index contributed by atoms with van der Waals surface area (Å²) in [5.74, 6) is 1.22. The van der Waals surface area contributed by atoms with Gasteiger partial charge in [0.1, 0.15) is 15.7 Å². The van der Waals surface area contributed by atoms with Gasteiger partial charge < -0.3 is 0 Å². The van der Waals surface area contributed by atoms with E-state index >= 15 is 0 Å². The van der Waals surface area contributed by atoms with Crippen molar-refractivity contribution >= 4 is 33.3 Å². The predicted molar refractivity (Wildman–Crippen MR) is 68.3 cm³/mol. The van der Waals surface area contributed by atoms with Crippen molar-refractivity contribution in [3.05, 3.63) is 16.3 Å². The van der Waals surface area contributed by atoms with E-state index in [2.05, 4.69) is 23.8 Å². The molecule has 0 atom stereocenters. The van der Waals surface area contributed by atoms with Crippen LogP contribution in [0, 0.1) is 20.8 Å². The SMILES string of the molecule is Cc1nc(SCCF)c2c(C)c(C)sc2n1. The van der Waals surface area contributed by atoms with Crippen molar-refractivity contribution in [1.82, 2.24) is 9.97 Å². The molecule has 16 heavy (non-hydrogen) atoms. The zero-order valence-electron chi connectivity index (χ0n) is 9.50. The van der Waals surface area contributed by atoms with Crippen molar-refractivity contribution in [2.45, 2.75) is 25.8 Å². The van der Waals surface area contributed by atoms with E-state index in [4.69, 9.17) is 0 Å². The molecule has 0 unspecified atom stereocenters. The molecule has 2 rings (SSSR count). The van der Waals surface area contributed by atoms with E-state index in [0.717, 1.165) is 21.1 Å². The van der Waals surface area contributed by atoms with E-state index in [1.807, 2.05) is 6.92 Å². The van der Waals surface area contributed by atoms with Crippen molar-refractivity contribution in [3.63, 3.8) is 0 Å². The molecule has 0 amide bonds. The van der Waals surface area contributed by atoms with Crippen LogP contribution in [0.4, 0.5) is 4.39 Å². The van der Waals surface area contributed by atoms with Gasteiger partial charge in [0, 0.05) is 16.0 Å². The lowest BCUT2D eigenvalue weighted by atomic mass is 10.2. The van der Waals surface area contributed by atoms with Gasteiger partial charge in [-0.1, -0.05) is 0 Å². The predicted octanol–water partition coefficient (Wildman–Crippen LogP) is 3.68. The van der Waals surface area contributed by atoms with Crippen LogP contribution in [0.1, 0.15) is 16.3 Å². The maximum absolute atomic E-state index is 12.2. The molecule has 0 N–H and O–H groups in total. The number of alkyl halides is 1. The highest BCUT2D eigenvalue weighted by Gasteiger charge is 2.13. The maximum Gasteiger partial charge on any atom is 0.128 e. The molecule has 2 aromatic rings. The first-order valence-corrected chi connectivity index (χ1v) is 6.86. The Hall–Kier alpha value is -0.680. The van der Waals surface area contributed by atoms with Crippen LogP contribution in [0.5, 0.6) is 0 Å². The van der Waals surface area contributed by atoms with E-state index in [1.165, 1.54) is 22.2 Å². The molecule has 0 saturated heterocycles. The number of rotatable bonds is 3. The summed E-state index contributed by atoms with van der Waals surface area (Å²) < 4.78 is 12.2. The molecule has 0 aliphatic rings. The van der Waals surface area contributed by atoms with Crippen molar-refractivity contribution < 1.29 is 4.39 Å². The number of aromatic nitrogens is 2. The summed E-state index contributed by atoms with van der Waals surface area (Å²) in [5.41, 5.74) is 1.22. The van der Waals surface area contributed by atoms with Crippen molar-refractivity contribution in [3.8, 4) is 0 Å². The first kappa shape index (κ1) is 11.8. The van der Waals surface area contributed by atoms with Gasteiger partial charge in [0.2, 0.25) is 0 Å². The molecule has 2 nitrogen and oxygen atoms in total. The fourth-order valence-corrected chi connectivity index (χ4v) is 3.55. The number of thioether (sulfide) groups is 1. The van der Waals surface area contributed by atoms with E-state index in [9.17, 15) is 4.39 Å². The molecule has 0 radical (unpaired) electrons. The van der Waals surface area contributed by atoms with E-state index in [-0.39, 0.29) is 6.67 Å². The Bertz CT molecular complexity index is 522. The molecule has 0 aliphatic heterocycles. The Kier molecular flexibility index (Phi) is 3.44. The fourth-order valence-electron chi connectivity index (χ4n) is 1.55. The summed E-state index contributed by atoms with van der Waals surface area (Å²) in [6.45, 7) is 5.72. The number of nitrogens with zero attached hydrogens (tertiary/aromatic N) is 2. The molecular weight excluding hydrogens is 243 g/mol. The highest BCUT2D eigenvalue weighted by atomic mass is 32.2. The molecule has 0 aliphatic carbocycles. The molecule has 86 valence electrons. The summed E-state index contributed by atoms with van der Waals surface area (Å²) >= 11 is 3.15. The first-order valence-electron chi connectivity index (χ1n) is 5.06. The number of aryl methyl sites for hydroxylation is 3. The van der Waals surface area contributed by atoms with Gasteiger partial charge in [-0.2, -0.15) is 0 Å². The Morgan fingerprint density at radius 3 is 2.69 bits per heavy atom. The molecule has 0 saturated carbocycles. The monoisotopic (exact) mass is 256 g/mol. The summed E-state index contributed by atoms with van der Waals surface area (Å²) in [6.07, 6.45) is 0. The summed E-state index contributed by atoms with van der Waals surface area (Å²) in [4.78, 5) is 11.1. The summed E-state index contributed by atoms with van der Waals surface area (Å²) in [6, 6.07) is 0. The third kappa shape index (κ3) is 2.06. The molecule has 0 fully saturated rings. The second-order valence-corrected chi connectivity index (χ2v) is 5.86. The van der Waals surface area contributed by atoms with Crippen LogP contribution in [-0.4, -0.2) is 22.4 Å². The number of hydrogen-bond donors (Lipinski definition) is 0. The lowest BCUT2D eigenvalue weighted by Gasteiger charge is -2.03. The lowest BCUT2D eigenvalue weighted by Crippen LogP contribution is -1.92. The van der Waals surface area contributed by atoms with Gasteiger partial charge in [0.05, 0.1) is 6.67 Å².